The molecular weight excluding hydrogens is 450 g/mol. The van der Waals surface area contributed by atoms with Crippen molar-refractivity contribution in [1.29, 1.82) is 0 Å². The molecule has 0 aliphatic carbocycles. The van der Waals surface area contributed by atoms with Crippen LogP contribution in [0.1, 0.15) is 6.92 Å². The van der Waals surface area contributed by atoms with Crippen LogP contribution in [0.2, 0.25) is 0 Å². The third-order valence-corrected chi connectivity index (χ3v) is 8.06. The minimum atomic E-state index is -0.157. The Labute approximate surface area is 192 Å². The van der Waals surface area contributed by atoms with E-state index in [-0.39, 0.29) is 11.5 Å². The molecule has 0 unspecified atom stereocenters. The molecule has 0 N–H and O–H groups in total. The summed E-state index contributed by atoms with van der Waals surface area (Å²) in [5, 5.41) is 3.33. The fourth-order valence-electron chi connectivity index (χ4n) is 3.21. The van der Waals surface area contributed by atoms with Gasteiger partial charge in [0.05, 0.1) is 12.7 Å². The zero-order valence-corrected chi connectivity index (χ0v) is 19.9. The number of carbonyl (C=O) groups is 1. The van der Waals surface area contributed by atoms with Crippen LogP contribution in [0.25, 0.3) is 10.6 Å². The quantitative estimate of drug-likeness (QED) is 0.500. The first-order valence-electron chi connectivity index (χ1n) is 9.64. The maximum Gasteiger partial charge on any atom is 0.384 e. The molecule has 1 amide bonds. The van der Waals surface area contributed by atoms with Gasteiger partial charge in [0.1, 0.15) is 20.3 Å². The van der Waals surface area contributed by atoms with Crippen LogP contribution in [-0.2, 0) is 18.4 Å². The van der Waals surface area contributed by atoms with E-state index in [2.05, 4.69) is 6.58 Å². The number of hydrogen-bond donors (Lipinski definition) is 0. The molecule has 10 heteroatoms. The highest BCUT2D eigenvalue weighted by atomic mass is 32.2. The van der Waals surface area contributed by atoms with Crippen LogP contribution in [0.5, 0.6) is 0 Å². The van der Waals surface area contributed by atoms with E-state index in [4.69, 9.17) is 4.99 Å². The van der Waals surface area contributed by atoms with Gasteiger partial charge < -0.3 is 4.90 Å². The number of nitrogens with zero attached hydrogens (tertiary/aromatic N) is 5. The van der Waals surface area contributed by atoms with Gasteiger partial charge in [-0.3, -0.25) is 19.1 Å². The SMILES string of the molecule is C=CCN1C(=O)C(=c2sc(=C3C=CC=CN3C)c(=O)n2CC)SC1=Nc1scc[n+]1C. The number of hydrogen-bond acceptors (Lipinski definition) is 7. The summed E-state index contributed by atoms with van der Waals surface area (Å²) in [5.74, 6) is -0.157. The first-order valence-corrected chi connectivity index (χ1v) is 12.2. The Morgan fingerprint density at radius 3 is 2.74 bits per heavy atom. The molecule has 1 saturated heterocycles. The lowest BCUT2D eigenvalue weighted by Gasteiger charge is -2.16. The van der Waals surface area contributed by atoms with Crippen molar-refractivity contribution in [3.05, 3.63) is 68.2 Å². The Morgan fingerprint density at radius 1 is 1.29 bits per heavy atom. The smallest absolute Gasteiger partial charge is 0.350 e. The number of rotatable bonds is 4. The van der Waals surface area contributed by atoms with Gasteiger partial charge in [-0.15, -0.1) is 17.9 Å². The molecule has 0 spiro atoms. The highest BCUT2D eigenvalue weighted by Crippen LogP contribution is 2.33. The van der Waals surface area contributed by atoms with E-state index < -0.39 is 0 Å². The Kier molecular flexibility index (Phi) is 6.12. The lowest BCUT2D eigenvalue weighted by molar-refractivity contribution is -0.653. The van der Waals surface area contributed by atoms with Crippen molar-refractivity contribution in [3.63, 3.8) is 0 Å². The van der Waals surface area contributed by atoms with Crippen LogP contribution in [0.4, 0.5) is 5.13 Å². The summed E-state index contributed by atoms with van der Waals surface area (Å²) in [6.45, 7) is 6.53. The summed E-state index contributed by atoms with van der Waals surface area (Å²) in [6, 6.07) is 0. The van der Waals surface area contributed by atoms with Gasteiger partial charge in [-0.1, -0.05) is 23.5 Å². The normalized spacial score (nSPS) is 21.0. The van der Waals surface area contributed by atoms with Crippen LogP contribution in [0.3, 0.4) is 0 Å². The van der Waals surface area contributed by atoms with Crippen molar-refractivity contribution >= 4 is 61.2 Å². The van der Waals surface area contributed by atoms with Gasteiger partial charge in [-0.2, -0.15) is 0 Å². The van der Waals surface area contributed by atoms with Crippen molar-refractivity contribution in [3.8, 4) is 0 Å². The first-order chi connectivity index (χ1) is 15.0. The molecule has 4 heterocycles. The summed E-state index contributed by atoms with van der Waals surface area (Å²) >= 11 is 4.16. The van der Waals surface area contributed by atoms with E-state index in [0.717, 1.165) is 10.8 Å². The lowest BCUT2D eigenvalue weighted by Crippen LogP contribution is -2.35. The number of allylic oxidation sites excluding steroid dienone is 2. The molecular formula is C21H22N5O2S3+. The van der Waals surface area contributed by atoms with Crippen LogP contribution >= 0.6 is 34.4 Å². The number of carbonyl (C=O) groups excluding carboxylic acids is 1. The van der Waals surface area contributed by atoms with Gasteiger partial charge >= 0.3 is 5.13 Å². The number of thiazole rings is 2. The standard InChI is InChI=1S/C21H22N5O2S3/c1-5-10-26-18(28)16(31-21(26)22-20-24(4)12-13-29-20)19-25(6-2)17(27)15(30-19)14-9-7-8-11-23(14)3/h5,7-9,11-13H,1,6,10H2,2-4H3/q+1. The second-order valence-electron chi connectivity index (χ2n) is 6.81. The molecule has 1 fully saturated rings. The average Bonchev–Trinajstić information content (AvgIpc) is 3.40. The number of aliphatic imine (C=N–C) groups is 1. The summed E-state index contributed by atoms with van der Waals surface area (Å²) in [7, 11) is 3.82. The Bertz CT molecular complexity index is 1330. The van der Waals surface area contributed by atoms with Crippen molar-refractivity contribution < 1.29 is 9.36 Å². The molecule has 2 aliphatic rings. The zero-order chi connectivity index (χ0) is 22.1. The van der Waals surface area contributed by atoms with E-state index in [1.165, 1.54) is 34.4 Å². The Morgan fingerprint density at radius 2 is 2.10 bits per heavy atom. The maximum absolute atomic E-state index is 13.3. The maximum atomic E-state index is 13.3. The van der Waals surface area contributed by atoms with Crippen molar-refractivity contribution in [2.75, 3.05) is 13.6 Å². The van der Waals surface area contributed by atoms with Crippen molar-refractivity contribution in [2.24, 2.45) is 12.0 Å². The summed E-state index contributed by atoms with van der Waals surface area (Å²) in [4.78, 5) is 35.3. The predicted octanol–water partition coefficient (Wildman–Crippen LogP) is 1.50. The van der Waals surface area contributed by atoms with Gasteiger partial charge in [0.25, 0.3) is 16.6 Å². The molecule has 0 aromatic carbocycles. The van der Waals surface area contributed by atoms with E-state index in [9.17, 15) is 9.59 Å². The Balaban J connectivity index is 1.94. The van der Waals surface area contributed by atoms with E-state index in [1.54, 1.807) is 15.5 Å². The number of aryl methyl sites for hydroxylation is 1. The number of aromatic nitrogens is 2. The highest BCUT2D eigenvalue weighted by molar-refractivity contribution is 8.23. The summed E-state index contributed by atoms with van der Waals surface area (Å²) in [5.41, 5.74) is 0.736. The highest BCUT2D eigenvalue weighted by Gasteiger charge is 2.38. The number of likely N-dealkylation sites (N-methyl/N-ethyl adjacent to an activating group) is 1. The average molecular weight is 473 g/mol. The minimum absolute atomic E-state index is 0.0875. The molecule has 7 nitrogen and oxygen atoms in total. The summed E-state index contributed by atoms with van der Waals surface area (Å²) in [6.07, 6.45) is 11.3. The Hall–Kier alpha value is -2.69. The van der Waals surface area contributed by atoms with Crippen LogP contribution in [-0.4, -0.2) is 39.0 Å². The molecule has 31 heavy (non-hydrogen) atoms. The van der Waals surface area contributed by atoms with Crippen molar-refractivity contribution in [1.82, 2.24) is 14.4 Å². The number of thioether (sulfide) groups is 1. The third kappa shape index (κ3) is 3.86. The largest absolute Gasteiger partial charge is 0.384 e. The molecule has 4 rings (SSSR count). The van der Waals surface area contributed by atoms with Gasteiger partial charge in [-0.05, 0) is 35.8 Å². The second kappa shape index (κ2) is 8.81. The molecule has 0 bridgehead atoms. The minimum Gasteiger partial charge on any atom is -0.350 e. The van der Waals surface area contributed by atoms with Gasteiger partial charge in [0, 0.05) is 31.7 Å². The molecule has 0 saturated carbocycles. The summed E-state index contributed by atoms with van der Waals surface area (Å²) < 4.78 is 4.86. The zero-order valence-electron chi connectivity index (χ0n) is 17.4. The van der Waals surface area contributed by atoms with E-state index in [1.807, 2.05) is 66.5 Å². The lowest BCUT2D eigenvalue weighted by atomic mass is 10.3. The first kappa shape index (κ1) is 21.5. The monoisotopic (exact) mass is 472 g/mol. The molecule has 2 aliphatic heterocycles. The molecule has 160 valence electrons. The van der Waals surface area contributed by atoms with Gasteiger partial charge in [0.15, 0.2) is 0 Å². The van der Waals surface area contributed by atoms with Gasteiger partial charge in [-0.25, -0.2) is 4.57 Å². The number of amides is 1. The van der Waals surface area contributed by atoms with Gasteiger partial charge in [0.2, 0.25) is 0 Å². The fourth-order valence-corrected chi connectivity index (χ4v) is 6.44. The van der Waals surface area contributed by atoms with Crippen LogP contribution in [0.15, 0.2) is 58.4 Å². The molecule has 2 aromatic rings. The van der Waals surface area contributed by atoms with Crippen LogP contribution < -0.4 is 19.3 Å². The van der Waals surface area contributed by atoms with E-state index in [0.29, 0.717) is 32.4 Å². The predicted molar refractivity (Wildman–Crippen MR) is 128 cm³/mol. The van der Waals surface area contributed by atoms with E-state index >= 15 is 0 Å². The van der Waals surface area contributed by atoms with Crippen LogP contribution in [0, 0.1) is 0 Å². The van der Waals surface area contributed by atoms with Crippen molar-refractivity contribution in [2.45, 2.75) is 13.5 Å². The second-order valence-corrected chi connectivity index (χ2v) is 9.66. The molecule has 2 aromatic heterocycles. The molecule has 0 radical (unpaired) electrons. The molecule has 0 atom stereocenters. The number of amidine groups is 1. The fraction of sp³-hybridized carbons (Fsp3) is 0.238. The topological polar surface area (TPSA) is 61.8 Å². The third-order valence-electron chi connectivity index (χ3n) is 4.81.